The number of pyridine rings is 2. The molecule has 0 amide bonds. The highest BCUT2D eigenvalue weighted by atomic mass is 16.5. The summed E-state index contributed by atoms with van der Waals surface area (Å²) in [6.07, 6.45) is 7.62. The molecule has 0 bridgehead atoms. The number of aromatic nitrogens is 2. The van der Waals surface area contributed by atoms with Gasteiger partial charge in [-0.1, -0.05) is 71.9 Å². The second-order valence-corrected chi connectivity index (χ2v) is 11.7. The van der Waals surface area contributed by atoms with Crippen LogP contribution in [0.3, 0.4) is 0 Å². The van der Waals surface area contributed by atoms with Gasteiger partial charge in [0.2, 0.25) is 0 Å². The predicted octanol–water partition coefficient (Wildman–Crippen LogP) is 9.09. The van der Waals surface area contributed by atoms with Crippen LogP contribution in [0.2, 0.25) is 0 Å². The van der Waals surface area contributed by atoms with Crippen LogP contribution in [0.1, 0.15) is 70.5 Å². The van der Waals surface area contributed by atoms with Gasteiger partial charge in [-0.2, -0.15) is 0 Å². The smallest absolute Gasteiger partial charge is 0.119 e. The predicted molar refractivity (Wildman–Crippen MR) is 208 cm³/mol. The van der Waals surface area contributed by atoms with Crippen molar-refractivity contribution in [3.8, 4) is 58.9 Å². The van der Waals surface area contributed by atoms with Crippen LogP contribution in [0, 0.1) is 47.4 Å². The lowest BCUT2D eigenvalue weighted by atomic mass is 10.1. The molecular formula is C48H36N2O2. The van der Waals surface area contributed by atoms with Crippen LogP contribution < -0.4 is 9.47 Å². The van der Waals surface area contributed by atoms with E-state index < -0.39 is 0 Å². The number of unbranched alkanes of at least 4 members (excludes halogenated alkanes) is 3. The topological polar surface area (TPSA) is 44.2 Å². The van der Waals surface area contributed by atoms with Crippen molar-refractivity contribution in [1.29, 1.82) is 0 Å². The van der Waals surface area contributed by atoms with Gasteiger partial charge in [0.1, 0.15) is 22.9 Å². The highest BCUT2D eigenvalue weighted by Gasteiger charge is 2.00. The molecule has 0 spiro atoms. The maximum Gasteiger partial charge on any atom is 0.119 e. The Morgan fingerprint density at radius 3 is 1.08 bits per heavy atom. The molecule has 0 atom stereocenters. The third-order valence-corrected chi connectivity index (χ3v) is 7.80. The normalized spacial score (nSPS) is 9.77. The molecule has 0 radical (unpaired) electrons. The zero-order valence-corrected chi connectivity index (χ0v) is 28.8. The molecule has 2 aromatic heterocycles. The van der Waals surface area contributed by atoms with Gasteiger partial charge in [0.05, 0.1) is 13.2 Å². The van der Waals surface area contributed by atoms with E-state index in [0.29, 0.717) is 13.2 Å². The van der Waals surface area contributed by atoms with Gasteiger partial charge in [0, 0.05) is 45.8 Å². The average Bonchev–Trinajstić information content (AvgIpc) is 3.21. The molecule has 6 aromatic rings. The van der Waals surface area contributed by atoms with Crippen LogP contribution in [0.4, 0.5) is 0 Å². The highest BCUT2D eigenvalue weighted by molar-refractivity contribution is 5.55. The van der Waals surface area contributed by atoms with Crippen molar-refractivity contribution in [3.05, 3.63) is 191 Å². The molecule has 0 aliphatic rings. The van der Waals surface area contributed by atoms with E-state index >= 15 is 0 Å². The molecule has 0 aliphatic carbocycles. The van der Waals surface area contributed by atoms with Crippen LogP contribution in [-0.4, -0.2) is 23.2 Å². The first-order valence-electron chi connectivity index (χ1n) is 17.3. The van der Waals surface area contributed by atoms with E-state index in [9.17, 15) is 0 Å². The Morgan fingerprint density at radius 1 is 0.346 bits per heavy atom. The fraction of sp³-hybridized carbons (Fsp3) is 0.125. The SMILES string of the molecule is C(#Cc1ccccc1C#Cc1ccccn1)c1ccc(OCCCCCCOc2ccc(C#Cc3ccccc3C#Cc3ccccn3)cc2)cc1. The number of rotatable bonds is 9. The van der Waals surface area contributed by atoms with E-state index in [2.05, 4.69) is 57.3 Å². The van der Waals surface area contributed by atoms with Gasteiger partial charge in [-0.25, -0.2) is 9.97 Å². The zero-order chi connectivity index (χ0) is 35.5. The van der Waals surface area contributed by atoms with Crippen LogP contribution in [0.15, 0.2) is 146 Å². The summed E-state index contributed by atoms with van der Waals surface area (Å²) in [7, 11) is 0. The summed E-state index contributed by atoms with van der Waals surface area (Å²) in [5, 5.41) is 0. The minimum absolute atomic E-state index is 0.679. The lowest BCUT2D eigenvalue weighted by molar-refractivity contribution is 0.287. The molecule has 2 heterocycles. The summed E-state index contributed by atoms with van der Waals surface area (Å²) < 4.78 is 11.9. The molecule has 0 N–H and O–H groups in total. The van der Waals surface area contributed by atoms with E-state index in [-0.39, 0.29) is 0 Å². The lowest BCUT2D eigenvalue weighted by Crippen LogP contribution is -2.00. The fourth-order valence-electron chi connectivity index (χ4n) is 5.02. The number of benzene rings is 4. The van der Waals surface area contributed by atoms with Gasteiger partial charge in [0.25, 0.3) is 0 Å². The van der Waals surface area contributed by atoms with Gasteiger partial charge in [-0.3, -0.25) is 0 Å². The second kappa shape index (κ2) is 19.3. The van der Waals surface area contributed by atoms with Crippen molar-refractivity contribution >= 4 is 0 Å². The van der Waals surface area contributed by atoms with Gasteiger partial charge in [0.15, 0.2) is 0 Å². The lowest BCUT2D eigenvalue weighted by Gasteiger charge is -2.07. The van der Waals surface area contributed by atoms with E-state index in [1.54, 1.807) is 12.4 Å². The summed E-state index contributed by atoms with van der Waals surface area (Å²) in [6.45, 7) is 1.36. The Balaban J connectivity index is 0.878. The van der Waals surface area contributed by atoms with Gasteiger partial charge >= 0.3 is 0 Å². The monoisotopic (exact) mass is 672 g/mol. The van der Waals surface area contributed by atoms with E-state index in [0.717, 1.165) is 82.0 Å². The largest absolute Gasteiger partial charge is 0.494 e. The molecule has 0 saturated carbocycles. The second-order valence-electron chi connectivity index (χ2n) is 11.7. The Kier molecular flexibility index (Phi) is 12.9. The summed E-state index contributed by atoms with van der Waals surface area (Å²) in [4.78, 5) is 8.54. The summed E-state index contributed by atoms with van der Waals surface area (Å²) in [5.41, 5.74) is 6.85. The third-order valence-electron chi connectivity index (χ3n) is 7.80. The molecule has 0 unspecified atom stereocenters. The van der Waals surface area contributed by atoms with Crippen molar-refractivity contribution in [2.75, 3.05) is 13.2 Å². The van der Waals surface area contributed by atoms with E-state index in [1.807, 2.05) is 133 Å². The third kappa shape index (κ3) is 11.3. The zero-order valence-electron chi connectivity index (χ0n) is 28.8. The summed E-state index contributed by atoms with van der Waals surface area (Å²) in [5.74, 6) is 27.3. The molecule has 6 rings (SSSR count). The van der Waals surface area contributed by atoms with Gasteiger partial charge in [-0.15, -0.1) is 0 Å². The fourth-order valence-corrected chi connectivity index (χ4v) is 5.02. The first-order valence-corrected chi connectivity index (χ1v) is 17.3. The minimum Gasteiger partial charge on any atom is -0.494 e. The van der Waals surface area contributed by atoms with Crippen molar-refractivity contribution < 1.29 is 9.47 Å². The first-order chi connectivity index (χ1) is 25.8. The number of hydrogen-bond acceptors (Lipinski definition) is 4. The molecule has 4 heteroatoms. The van der Waals surface area contributed by atoms with Crippen LogP contribution >= 0.6 is 0 Å². The molecule has 250 valence electrons. The molecule has 0 aliphatic heterocycles. The van der Waals surface area contributed by atoms with Gasteiger partial charge < -0.3 is 9.47 Å². The Labute approximate surface area is 306 Å². The van der Waals surface area contributed by atoms with Crippen LogP contribution in [0.5, 0.6) is 11.5 Å². The summed E-state index contributed by atoms with van der Waals surface area (Å²) >= 11 is 0. The van der Waals surface area contributed by atoms with Crippen molar-refractivity contribution in [2.45, 2.75) is 25.7 Å². The first kappa shape index (κ1) is 34.9. The maximum absolute atomic E-state index is 5.97. The van der Waals surface area contributed by atoms with Crippen molar-refractivity contribution in [3.63, 3.8) is 0 Å². The average molecular weight is 673 g/mol. The number of hydrogen-bond donors (Lipinski definition) is 0. The van der Waals surface area contributed by atoms with E-state index in [4.69, 9.17) is 9.47 Å². The Morgan fingerprint density at radius 2 is 0.712 bits per heavy atom. The van der Waals surface area contributed by atoms with Crippen LogP contribution in [0.25, 0.3) is 0 Å². The quantitative estimate of drug-likeness (QED) is 0.114. The molecule has 0 fully saturated rings. The van der Waals surface area contributed by atoms with Gasteiger partial charge in [-0.05, 0) is 135 Å². The Bertz CT molecular complexity index is 2140. The van der Waals surface area contributed by atoms with Crippen molar-refractivity contribution in [2.24, 2.45) is 0 Å². The maximum atomic E-state index is 5.97. The number of ether oxygens (including phenoxy) is 2. The highest BCUT2D eigenvalue weighted by Crippen LogP contribution is 2.15. The van der Waals surface area contributed by atoms with Crippen molar-refractivity contribution in [1.82, 2.24) is 9.97 Å². The molecular weight excluding hydrogens is 637 g/mol. The standard InChI is InChI=1S/C48H36N2O2/c1(11-37-51-47-31-21-39(22-32-47)19-25-41-13-3-5-15-43(41)27-29-45-17-7-9-35-49-45)2-12-38-52-48-33-23-40(24-34-48)20-26-42-14-4-6-16-44(42)28-30-46-18-8-10-36-50-46/h3-10,13-18,21-24,31-36H,1-2,11-12,37-38H2. The molecule has 4 aromatic carbocycles. The number of nitrogens with zero attached hydrogens (tertiary/aromatic N) is 2. The Hall–Kier alpha value is -6.98. The molecule has 0 saturated heterocycles. The summed E-state index contributed by atoms with van der Waals surface area (Å²) in [6, 6.07) is 43.1. The molecule has 52 heavy (non-hydrogen) atoms. The van der Waals surface area contributed by atoms with E-state index in [1.165, 1.54) is 0 Å². The minimum atomic E-state index is 0.679. The van der Waals surface area contributed by atoms with Crippen LogP contribution in [-0.2, 0) is 0 Å². The molecule has 4 nitrogen and oxygen atoms in total.